The minimum atomic E-state index is -4.95. The topological polar surface area (TPSA) is 237 Å². The third-order valence-corrected chi connectivity index (χ3v) is 18.8. The van der Waals surface area contributed by atoms with Crippen molar-refractivity contribution in [2.24, 2.45) is 17.8 Å². The molecule has 0 saturated heterocycles. The Morgan fingerprint density at radius 2 is 0.500 bits per heavy atom. The van der Waals surface area contributed by atoms with Crippen LogP contribution in [0.25, 0.3) is 0 Å². The first-order valence-corrected chi connectivity index (χ1v) is 40.8. The Balaban J connectivity index is 5.26. The number of unbranched alkanes of at least 4 members (excludes halogenated alkanes) is 39. The summed E-state index contributed by atoms with van der Waals surface area (Å²) in [6.07, 6.45) is 48.5. The number of aliphatic hydroxyl groups is 1. The number of phosphoric ester groups is 2. The minimum absolute atomic E-state index is 0.105. The van der Waals surface area contributed by atoms with Crippen LogP contribution in [0.4, 0.5) is 0 Å². The van der Waals surface area contributed by atoms with Crippen LogP contribution in [0.5, 0.6) is 0 Å². The quantitative estimate of drug-likeness (QED) is 0.0222. The maximum absolute atomic E-state index is 13.0. The van der Waals surface area contributed by atoms with E-state index in [4.69, 9.17) is 37.0 Å². The average molecular weight is 1350 g/mol. The summed E-state index contributed by atoms with van der Waals surface area (Å²) in [5, 5.41) is 10.6. The van der Waals surface area contributed by atoms with Crippen LogP contribution in [0, 0.1) is 17.8 Å². The molecule has 0 aliphatic heterocycles. The largest absolute Gasteiger partial charge is 0.472 e. The van der Waals surface area contributed by atoms with Crippen molar-refractivity contribution in [2.75, 3.05) is 39.6 Å². The van der Waals surface area contributed by atoms with Crippen LogP contribution in [0.1, 0.15) is 370 Å². The molecular formula is C73H142O17P2. The number of ether oxygens (including phenoxy) is 4. The maximum Gasteiger partial charge on any atom is 0.472 e. The molecule has 3 N–H and O–H groups in total. The maximum atomic E-state index is 13.0. The fourth-order valence-electron chi connectivity index (χ4n) is 11.1. The van der Waals surface area contributed by atoms with Gasteiger partial charge < -0.3 is 33.8 Å². The van der Waals surface area contributed by atoms with E-state index in [1.165, 1.54) is 180 Å². The van der Waals surface area contributed by atoms with Crippen molar-refractivity contribution in [1.29, 1.82) is 0 Å². The number of rotatable bonds is 71. The summed E-state index contributed by atoms with van der Waals surface area (Å²) in [5.74, 6) is 0.145. The van der Waals surface area contributed by atoms with Gasteiger partial charge in [0.2, 0.25) is 0 Å². The fraction of sp³-hybridized carbons (Fsp3) is 0.945. The molecule has 0 aliphatic carbocycles. The van der Waals surface area contributed by atoms with E-state index < -0.39 is 97.5 Å². The Morgan fingerprint density at radius 1 is 0.293 bits per heavy atom. The molecule has 2 unspecified atom stereocenters. The van der Waals surface area contributed by atoms with Gasteiger partial charge in [-0.15, -0.1) is 0 Å². The zero-order chi connectivity index (χ0) is 68.0. The summed E-state index contributed by atoms with van der Waals surface area (Å²) in [7, 11) is -9.91. The summed E-state index contributed by atoms with van der Waals surface area (Å²) >= 11 is 0. The molecule has 0 radical (unpaired) electrons. The number of esters is 4. The predicted octanol–water partition coefficient (Wildman–Crippen LogP) is 21.0. The lowest BCUT2D eigenvalue weighted by atomic mass is 10.0. The van der Waals surface area contributed by atoms with Crippen molar-refractivity contribution in [3.63, 3.8) is 0 Å². The molecule has 92 heavy (non-hydrogen) atoms. The van der Waals surface area contributed by atoms with Gasteiger partial charge >= 0.3 is 39.5 Å². The van der Waals surface area contributed by atoms with Gasteiger partial charge in [-0.1, -0.05) is 318 Å². The van der Waals surface area contributed by atoms with Crippen molar-refractivity contribution < 1.29 is 80.2 Å². The zero-order valence-corrected chi connectivity index (χ0v) is 61.8. The number of hydrogen-bond acceptors (Lipinski definition) is 15. The van der Waals surface area contributed by atoms with Crippen molar-refractivity contribution in [3.05, 3.63) is 0 Å². The molecule has 0 bridgehead atoms. The summed E-state index contributed by atoms with van der Waals surface area (Å²) in [4.78, 5) is 72.7. The first-order valence-electron chi connectivity index (χ1n) is 37.8. The number of phosphoric acid groups is 2. The molecule has 0 spiro atoms. The summed E-state index contributed by atoms with van der Waals surface area (Å²) in [6.45, 7) is 11.9. The molecule has 0 fully saturated rings. The number of aliphatic hydroxyl groups excluding tert-OH is 1. The van der Waals surface area contributed by atoms with E-state index in [2.05, 4.69) is 48.5 Å². The van der Waals surface area contributed by atoms with Gasteiger partial charge in [0.15, 0.2) is 12.2 Å². The summed E-state index contributed by atoms with van der Waals surface area (Å²) in [5.41, 5.74) is 0. The Labute approximate surface area is 562 Å². The van der Waals surface area contributed by atoms with Crippen LogP contribution in [-0.2, 0) is 65.4 Å². The standard InChI is InChI=1S/C73H142O17P2/c1-8-9-10-11-12-13-14-19-26-33-40-47-54-70(75)83-60-69(90-73(78)57-50-43-36-29-22-25-32-39-46-53-66(6)7)63-88-92(81,82)86-59-67(74)58-85-91(79,80)87-62-68(61-84-71(76)55-48-41-34-28-21-24-31-38-45-52-65(4)5)89-72(77)56-49-42-35-27-20-17-15-16-18-23-30-37-44-51-64(2)3/h64-69,74H,8-63H2,1-7H3,(H,79,80)(H,81,82)/t67-,68-,69-/m1/s1. The van der Waals surface area contributed by atoms with Crippen molar-refractivity contribution >= 4 is 39.5 Å². The van der Waals surface area contributed by atoms with Crippen LogP contribution in [0.2, 0.25) is 0 Å². The van der Waals surface area contributed by atoms with Crippen molar-refractivity contribution in [1.82, 2.24) is 0 Å². The predicted molar refractivity (Wildman–Crippen MR) is 372 cm³/mol. The monoisotopic (exact) mass is 1350 g/mol. The Kier molecular flexibility index (Phi) is 62.4. The van der Waals surface area contributed by atoms with E-state index in [0.717, 1.165) is 108 Å². The highest BCUT2D eigenvalue weighted by Gasteiger charge is 2.30. The van der Waals surface area contributed by atoms with E-state index in [1.54, 1.807) is 0 Å². The van der Waals surface area contributed by atoms with Crippen LogP contribution in [0.3, 0.4) is 0 Å². The van der Waals surface area contributed by atoms with Crippen molar-refractivity contribution in [3.8, 4) is 0 Å². The van der Waals surface area contributed by atoms with Gasteiger partial charge in [-0.05, 0) is 43.4 Å². The molecule has 0 rings (SSSR count). The van der Waals surface area contributed by atoms with Crippen molar-refractivity contribution in [2.45, 2.75) is 388 Å². The Bertz CT molecular complexity index is 1800. The van der Waals surface area contributed by atoms with Gasteiger partial charge in [0.05, 0.1) is 26.4 Å². The second-order valence-corrected chi connectivity index (χ2v) is 30.7. The first-order chi connectivity index (χ1) is 44.2. The smallest absolute Gasteiger partial charge is 0.462 e. The highest BCUT2D eigenvalue weighted by atomic mass is 31.2. The van der Waals surface area contributed by atoms with E-state index in [-0.39, 0.29) is 25.7 Å². The normalized spacial score (nSPS) is 14.1. The van der Waals surface area contributed by atoms with Gasteiger partial charge in [-0.25, -0.2) is 9.13 Å². The van der Waals surface area contributed by atoms with Crippen LogP contribution < -0.4 is 0 Å². The summed E-state index contributed by atoms with van der Waals surface area (Å²) in [6, 6.07) is 0. The second kappa shape index (κ2) is 63.8. The summed E-state index contributed by atoms with van der Waals surface area (Å²) < 4.78 is 68.4. The Hall–Kier alpha value is -1.94. The van der Waals surface area contributed by atoms with Crippen LogP contribution >= 0.6 is 15.6 Å². The number of carbonyl (C=O) groups is 4. The lowest BCUT2D eigenvalue weighted by Gasteiger charge is -2.21. The Morgan fingerprint density at radius 3 is 0.739 bits per heavy atom. The molecule has 0 saturated carbocycles. The molecule has 0 aliphatic rings. The molecular weight excluding hydrogens is 1210 g/mol. The van der Waals surface area contributed by atoms with E-state index in [9.17, 15) is 43.2 Å². The number of hydrogen-bond donors (Lipinski definition) is 3. The minimum Gasteiger partial charge on any atom is -0.462 e. The fourth-order valence-corrected chi connectivity index (χ4v) is 12.7. The highest BCUT2D eigenvalue weighted by Crippen LogP contribution is 2.45. The van der Waals surface area contributed by atoms with E-state index in [1.807, 2.05) is 0 Å². The molecule has 17 nitrogen and oxygen atoms in total. The molecule has 0 heterocycles. The third-order valence-electron chi connectivity index (χ3n) is 16.9. The van der Waals surface area contributed by atoms with E-state index in [0.29, 0.717) is 25.7 Å². The molecule has 0 amide bonds. The van der Waals surface area contributed by atoms with Gasteiger partial charge in [0, 0.05) is 25.7 Å². The van der Waals surface area contributed by atoms with Crippen LogP contribution in [-0.4, -0.2) is 96.7 Å². The second-order valence-electron chi connectivity index (χ2n) is 27.8. The average Bonchev–Trinajstić information content (AvgIpc) is 1.72. The number of carbonyl (C=O) groups excluding carboxylic acids is 4. The van der Waals surface area contributed by atoms with Gasteiger partial charge in [-0.2, -0.15) is 0 Å². The highest BCUT2D eigenvalue weighted by molar-refractivity contribution is 7.47. The molecule has 5 atom stereocenters. The zero-order valence-electron chi connectivity index (χ0n) is 60.0. The lowest BCUT2D eigenvalue weighted by Crippen LogP contribution is -2.30. The molecule has 0 aromatic rings. The van der Waals surface area contributed by atoms with Gasteiger partial charge in [0.1, 0.15) is 19.3 Å². The lowest BCUT2D eigenvalue weighted by molar-refractivity contribution is -0.161. The van der Waals surface area contributed by atoms with E-state index >= 15 is 0 Å². The third kappa shape index (κ3) is 66.7. The first kappa shape index (κ1) is 90.1. The molecule has 0 aromatic heterocycles. The van der Waals surface area contributed by atoms with Gasteiger partial charge in [0.25, 0.3) is 0 Å². The van der Waals surface area contributed by atoms with Crippen LogP contribution in [0.15, 0.2) is 0 Å². The molecule has 0 aromatic carbocycles. The van der Waals surface area contributed by atoms with Gasteiger partial charge in [-0.3, -0.25) is 37.3 Å². The molecule has 546 valence electrons. The molecule has 19 heteroatoms. The SMILES string of the molecule is CCCCCCCCCCCCCCC(=O)OC[C@H](COP(=O)(O)OC[C@H](O)COP(=O)(O)OC[C@@H](COC(=O)CCCCCCCCCCCC(C)C)OC(=O)CCCCCCCCCCCCCCCC(C)C)OC(=O)CCCCCCCCCCCC(C)C.